The van der Waals surface area contributed by atoms with Crippen LogP contribution < -0.4 is 10.6 Å². The molecule has 8 heteroatoms. The Labute approximate surface area is 184 Å². The normalized spacial score (nSPS) is 10.7. The van der Waals surface area contributed by atoms with E-state index in [-0.39, 0.29) is 18.2 Å². The molecule has 0 atom stereocenters. The molecular weight excluding hydrogens is 420 g/mol. The second-order valence-electron chi connectivity index (χ2n) is 7.35. The summed E-state index contributed by atoms with van der Waals surface area (Å²) >= 11 is 6.08. The van der Waals surface area contributed by atoms with Crippen LogP contribution in [-0.4, -0.2) is 30.9 Å². The largest absolute Gasteiger partial charge is 0.450 e. The third-order valence-corrected chi connectivity index (χ3v) is 5.12. The Bertz CT molecular complexity index is 1160. The molecule has 7 nitrogen and oxygen atoms in total. The number of carbonyl (C=O) groups is 3. The molecule has 0 unspecified atom stereocenters. The lowest BCUT2D eigenvalue weighted by Gasteiger charge is -2.13. The number of fused-ring (bicyclic) bond motifs is 1. The smallest absolute Gasteiger partial charge is 0.375 e. The van der Waals surface area contributed by atoms with Gasteiger partial charge in [-0.25, -0.2) is 4.79 Å². The van der Waals surface area contributed by atoms with E-state index in [0.29, 0.717) is 21.6 Å². The van der Waals surface area contributed by atoms with Gasteiger partial charge in [0, 0.05) is 16.6 Å². The lowest BCUT2D eigenvalue weighted by atomic mass is 10.1. The van der Waals surface area contributed by atoms with E-state index in [2.05, 4.69) is 10.6 Å². The van der Waals surface area contributed by atoms with E-state index in [1.165, 1.54) is 0 Å². The van der Waals surface area contributed by atoms with Gasteiger partial charge in [-0.15, -0.1) is 0 Å². The maximum Gasteiger partial charge on any atom is 0.375 e. The number of rotatable bonds is 6. The highest BCUT2D eigenvalue weighted by Crippen LogP contribution is 2.31. The van der Waals surface area contributed by atoms with Gasteiger partial charge in [0.2, 0.25) is 11.7 Å². The van der Waals surface area contributed by atoms with Crippen molar-refractivity contribution < 1.29 is 23.5 Å². The van der Waals surface area contributed by atoms with Gasteiger partial charge in [-0.05, 0) is 44.9 Å². The predicted molar refractivity (Wildman–Crippen MR) is 119 cm³/mol. The zero-order valence-corrected chi connectivity index (χ0v) is 18.5. The van der Waals surface area contributed by atoms with Crippen LogP contribution in [0.2, 0.25) is 5.02 Å². The molecule has 0 saturated heterocycles. The maximum atomic E-state index is 12.3. The number of benzene rings is 2. The van der Waals surface area contributed by atoms with Crippen molar-refractivity contribution in [3.05, 3.63) is 63.4 Å². The zero-order valence-electron chi connectivity index (χ0n) is 17.7. The average Bonchev–Trinajstić information content (AvgIpc) is 3.05. The van der Waals surface area contributed by atoms with Crippen molar-refractivity contribution in [2.75, 3.05) is 18.5 Å². The van der Waals surface area contributed by atoms with E-state index >= 15 is 0 Å². The monoisotopic (exact) mass is 442 g/mol. The van der Waals surface area contributed by atoms with Crippen LogP contribution in [0.1, 0.15) is 32.8 Å². The molecule has 2 aromatic carbocycles. The summed E-state index contributed by atoms with van der Waals surface area (Å²) < 4.78 is 10.5. The van der Waals surface area contributed by atoms with Crippen LogP contribution in [-0.2, 0) is 14.3 Å². The van der Waals surface area contributed by atoms with Crippen molar-refractivity contribution in [2.45, 2.75) is 27.7 Å². The van der Waals surface area contributed by atoms with Gasteiger partial charge in [0.1, 0.15) is 0 Å². The minimum atomic E-state index is -0.782. The third-order valence-electron chi connectivity index (χ3n) is 4.82. The molecule has 0 saturated carbocycles. The number of para-hydroxylation sites is 1. The summed E-state index contributed by atoms with van der Waals surface area (Å²) in [4.78, 5) is 36.5. The Morgan fingerprint density at radius 2 is 1.71 bits per heavy atom. The maximum absolute atomic E-state index is 12.3. The van der Waals surface area contributed by atoms with Crippen molar-refractivity contribution in [3.63, 3.8) is 0 Å². The van der Waals surface area contributed by atoms with E-state index in [1.54, 1.807) is 25.1 Å². The molecule has 2 amide bonds. The highest BCUT2D eigenvalue weighted by molar-refractivity contribution is 6.35. The van der Waals surface area contributed by atoms with E-state index < -0.39 is 18.5 Å². The predicted octanol–water partition coefficient (Wildman–Crippen LogP) is 4.23. The molecule has 1 aromatic heterocycles. The van der Waals surface area contributed by atoms with Crippen LogP contribution in [0.15, 0.2) is 34.7 Å². The molecule has 0 spiro atoms. The van der Waals surface area contributed by atoms with Crippen LogP contribution in [0.3, 0.4) is 0 Å². The second-order valence-corrected chi connectivity index (χ2v) is 7.75. The first-order chi connectivity index (χ1) is 14.7. The molecule has 3 aromatic rings. The number of halogens is 1. The van der Waals surface area contributed by atoms with Gasteiger partial charge >= 0.3 is 5.97 Å². The van der Waals surface area contributed by atoms with Crippen LogP contribution in [0, 0.1) is 27.7 Å². The van der Waals surface area contributed by atoms with Gasteiger partial charge in [-0.3, -0.25) is 9.59 Å². The fourth-order valence-corrected chi connectivity index (χ4v) is 3.60. The molecule has 1 heterocycles. The number of ether oxygens (including phenoxy) is 1. The Kier molecular flexibility index (Phi) is 6.65. The third kappa shape index (κ3) is 5.06. The minimum Gasteiger partial charge on any atom is -0.450 e. The number of esters is 1. The Balaban J connectivity index is 1.53. The van der Waals surface area contributed by atoms with Crippen molar-refractivity contribution in [2.24, 2.45) is 0 Å². The van der Waals surface area contributed by atoms with E-state index in [0.717, 1.165) is 22.4 Å². The first-order valence-electron chi connectivity index (χ1n) is 9.66. The number of aryl methyl sites for hydroxylation is 4. The van der Waals surface area contributed by atoms with Gasteiger partial charge in [0.25, 0.3) is 5.91 Å². The van der Waals surface area contributed by atoms with Crippen molar-refractivity contribution in [1.29, 1.82) is 0 Å². The van der Waals surface area contributed by atoms with Crippen LogP contribution in [0.25, 0.3) is 11.0 Å². The molecule has 162 valence electrons. The van der Waals surface area contributed by atoms with E-state index in [4.69, 9.17) is 20.8 Å². The molecule has 0 aliphatic rings. The fraction of sp³-hybridized carbons (Fsp3) is 0.261. The van der Waals surface area contributed by atoms with Gasteiger partial charge < -0.3 is 19.8 Å². The summed E-state index contributed by atoms with van der Waals surface area (Å²) in [7, 11) is 0. The number of anilines is 1. The van der Waals surface area contributed by atoms with Crippen LogP contribution in [0.5, 0.6) is 0 Å². The molecule has 0 fully saturated rings. The molecule has 0 bridgehead atoms. The lowest BCUT2D eigenvalue weighted by molar-refractivity contribution is -0.126. The summed E-state index contributed by atoms with van der Waals surface area (Å²) in [6.45, 7) is 6.70. The molecule has 0 radical (unpaired) electrons. The van der Waals surface area contributed by atoms with Gasteiger partial charge in [-0.1, -0.05) is 41.4 Å². The first kappa shape index (κ1) is 22.4. The number of amides is 2. The highest BCUT2D eigenvalue weighted by Gasteiger charge is 2.21. The molecular formula is C23H23ClN2O5. The Hall–Kier alpha value is -3.32. The fourth-order valence-electron chi connectivity index (χ4n) is 3.39. The van der Waals surface area contributed by atoms with E-state index in [1.807, 2.05) is 32.9 Å². The van der Waals surface area contributed by atoms with Gasteiger partial charge in [-0.2, -0.15) is 0 Å². The SMILES string of the molecule is Cc1cc(C)c(NC(=O)CNC(=O)COC(=O)c2oc3c(Cl)cccc3c2C)c(C)c1. The Morgan fingerprint density at radius 3 is 2.35 bits per heavy atom. The lowest BCUT2D eigenvalue weighted by Crippen LogP contribution is -2.35. The summed E-state index contributed by atoms with van der Waals surface area (Å²) in [5, 5.41) is 6.29. The summed E-state index contributed by atoms with van der Waals surface area (Å²) in [5.74, 6) is -1.78. The van der Waals surface area contributed by atoms with Crippen molar-refractivity contribution in [1.82, 2.24) is 5.32 Å². The number of hydrogen-bond donors (Lipinski definition) is 2. The second kappa shape index (κ2) is 9.22. The van der Waals surface area contributed by atoms with Crippen LogP contribution in [0.4, 0.5) is 5.69 Å². The molecule has 0 aliphatic heterocycles. The van der Waals surface area contributed by atoms with Gasteiger partial charge in [0.05, 0.1) is 11.6 Å². The molecule has 0 aliphatic carbocycles. The molecule has 2 N–H and O–H groups in total. The standard InChI is InChI=1S/C23H23ClN2O5/c1-12-8-13(2)20(14(3)9-12)26-18(27)10-25-19(28)11-30-23(29)21-15(4)16-6-5-7-17(24)22(16)31-21/h5-9H,10-11H2,1-4H3,(H,25,28)(H,26,27). The Morgan fingerprint density at radius 1 is 1.03 bits per heavy atom. The first-order valence-corrected chi connectivity index (χ1v) is 10.0. The number of nitrogens with one attached hydrogen (secondary N) is 2. The van der Waals surface area contributed by atoms with Crippen molar-refractivity contribution in [3.8, 4) is 0 Å². The van der Waals surface area contributed by atoms with Gasteiger partial charge in [0.15, 0.2) is 12.2 Å². The number of hydrogen-bond acceptors (Lipinski definition) is 5. The minimum absolute atomic E-state index is 0.0148. The molecule has 3 rings (SSSR count). The molecule has 31 heavy (non-hydrogen) atoms. The number of furan rings is 1. The topological polar surface area (TPSA) is 97.6 Å². The highest BCUT2D eigenvalue weighted by atomic mass is 35.5. The zero-order chi connectivity index (χ0) is 22.7. The van der Waals surface area contributed by atoms with E-state index in [9.17, 15) is 14.4 Å². The average molecular weight is 443 g/mol. The summed E-state index contributed by atoms with van der Waals surface area (Å²) in [6, 6.07) is 9.11. The summed E-state index contributed by atoms with van der Waals surface area (Å²) in [5.41, 5.74) is 4.66. The number of carbonyl (C=O) groups excluding carboxylic acids is 3. The summed E-state index contributed by atoms with van der Waals surface area (Å²) in [6.07, 6.45) is 0. The van der Waals surface area contributed by atoms with Crippen LogP contribution >= 0.6 is 11.6 Å². The van der Waals surface area contributed by atoms with Crippen molar-refractivity contribution >= 4 is 46.0 Å². The quantitative estimate of drug-likeness (QED) is 0.556.